The molecule has 0 fully saturated rings. The molecule has 162 valence electrons. The van der Waals surface area contributed by atoms with Crippen molar-refractivity contribution in [2.24, 2.45) is 0 Å². The van der Waals surface area contributed by atoms with Gasteiger partial charge in [-0.05, 0) is 36.8 Å². The van der Waals surface area contributed by atoms with Crippen molar-refractivity contribution in [3.8, 4) is 0 Å². The van der Waals surface area contributed by atoms with Gasteiger partial charge in [0.15, 0.2) is 0 Å². The van der Waals surface area contributed by atoms with E-state index in [4.69, 9.17) is 9.15 Å². The zero-order valence-corrected chi connectivity index (χ0v) is 18.8. The van der Waals surface area contributed by atoms with E-state index in [2.05, 4.69) is 15.5 Å². The maximum absolute atomic E-state index is 12.6. The molecule has 3 aromatic rings. The first-order chi connectivity index (χ1) is 15.1. The monoisotopic (exact) mass is 457 g/mol. The van der Waals surface area contributed by atoms with Gasteiger partial charge in [-0.1, -0.05) is 48.5 Å². The molecule has 0 radical (unpaired) electrons. The number of carbonyl (C=O) groups is 2. The minimum Gasteiger partial charge on any atom is -0.465 e. The van der Waals surface area contributed by atoms with Crippen LogP contribution in [0.15, 0.2) is 40.0 Å². The predicted molar refractivity (Wildman–Crippen MR) is 120 cm³/mol. The first-order valence-corrected chi connectivity index (χ1v) is 12.0. The fraction of sp³-hybridized carbons (Fsp3) is 0.364. The maximum Gasteiger partial charge on any atom is 0.341 e. The minimum absolute atomic E-state index is 0.107. The number of anilines is 1. The Morgan fingerprint density at radius 3 is 2.77 bits per heavy atom. The average Bonchev–Trinajstić information content (AvgIpc) is 3.29. The highest BCUT2D eigenvalue weighted by atomic mass is 32.2. The highest BCUT2D eigenvalue weighted by Gasteiger charge is 2.26. The number of benzene rings is 1. The topological polar surface area (TPSA) is 94.3 Å². The van der Waals surface area contributed by atoms with Gasteiger partial charge in [0.2, 0.25) is 11.8 Å². The molecule has 0 saturated carbocycles. The SMILES string of the molecule is COC(=O)c1c(NC(=O)CSc2nnc(Cc3ccccc3)o2)sc2c1CCCCC2. The Balaban J connectivity index is 1.39. The molecule has 2 aromatic heterocycles. The van der Waals surface area contributed by atoms with Crippen LogP contribution < -0.4 is 5.32 Å². The van der Waals surface area contributed by atoms with E-state index < -0.39 is 5.97 Å². The lowest BCUT2D eigenvalue weighted by Gasteiger charge is -2.07. The van der Waals surface area contributed by atoms with Crippen LogP contribution in [-0.2, 0) is 28.8 Å². The molecule has 31 heavy (non-hydrogen) atoms. The number of hydrogen-bond donors (Lipinski definition) is 1. The van der Waals surface area contributed by atoms with Crippen molar-refractivity contribution in [3.05, 3.63) is 57.8 Å². The van der Waals surface area contributed by atoms with Crippen LogP contribution in [0.25, 0.3) is 0 Å². The normalized spacial score (nSPS) is 13.3. The number of aromatic nitrogens is 2. The molecule has 0 saturated heterocycles. The number of esters is 1. The Morgan fingerprint density at radius 2 is 1.97 bits per heavy atom. The zero-order valence-electron chi connectivity index (χ0n) is 17.2. The van der Waals surface area contributed by atoms with Crippen LogP contribution in [0.5, 0.6) is 0 Å². The summed E-state index contributed by atoms with van der Waals surface area (Å²) in [6.07, 6.45) is 5.60. The van der Waals surface area contributed by atoms with E-state index in [1.54, 1.807) is 0 Å². The summed E-state index contributed by atoms with van der Waals surface area (Å²) in [7, 11) is 1.37. The number of aryl methyl sites for hydroxylation is 1. The number of nitrogens with zero attached hydrogens (tertiary/aromatic N) is 2. The first kappa shape index (κ1) is 21.6. The van der Waals surface area contributed by atoms with E-state index in [-0.39, 0.29) is 11.7 Å². The Morgan fingerprint density at radius 1 is 1.16 bits per heavy atom. The molecular formula is C22H23N3O4S2. The molecular weight excluding hydrogens is 434 g/mol. The Hall–Kier alpha value is -2.65. The third-order valence-corrected chi connectivity index (χ3v) is 7.06. The highest BCUT2D eigenvalue weighted by molar-refractivity contribution is 7.99. The Kier molecular flexibility index (Phi) is 7.03. The molecule has 0 unspecified atom stereocenters. The first-order valence-electron chi connectivity index (χ1n) is 10.2. The fourth-order valence-corrected chi connectivity index (χ4v) is 5.45. The van der Waals surface area contributed by atoms with Crippen molar-refractivity contribution in [2.45, 2.75) is 43.7 Å². The second-order valence-electron chi connectivity index (χ2n) is 7.22. The van der Waals surface area contributed by atoms with Gasteiger partial charge < -0.3 is 14.5 Å². The van der Waals surface area contributed by atoms with E-state index in [1.807, 2.05) is 30.3 Å². The molecule has 0 bridgehead atoms. The number of thiophene rings is 1. The van der Waals surface area contributed by atoms with Crippen molar-refractivity contribution >= 4 is 40.0 Å². The molecule has 4 rings (SSSR count). The zero-order chi connectivity index (χ0) is 21.6. The number of carbonyl (C=O) groups excluding carboxylic acids is 2. The quantitative estimate of drug-likeness (QED) is 0.317. The largest absolute Gasteiger partial charge is 0.465 e. The molecule has 0 spiro atoms. The lowest BCUT2D eigenvalue weighted by atomic mass is 10.1. The van der Waals surface area contributed by atoms with E-state index >= 15 is 0 Å². The second-order valence-corrected chi connectivity index (χ2v) is 9.25. The van der Waals surface area contributed by atoms with Gasteiger partial charge in [0, 0.05) is 4.88 Å². The fourth-order valence-electron chi connectivity index (χ4n) is 3.58. The summed E-state index contributed by atoms with van der Waals surface area (Å²) in [4.78, 5) is 26.1. The van der Waals surface area contributed by atoms with Gasteiger partial charge in [0.25, 0.3) is 5.22 Å². The van der Waals surface area contributed by atoms with Crippen LogP contribution in [0.4, 0.5) is 5.00 Å². The summed E-state index contributed by atoms with van der Waals surface area (Å²) in [6, 6.07) is 9.85. The molecule has 9 heteroatoms. The van der Waals surface area contributed by atoms with Crippen molar-refractivity contribution < 1.29 is 18.7 Å². The Labute approximate surface area is 188 Å². The van der Waals surface area contributed by atoms with Crippen molar-refractivity contribution in [3.63, 3.8) is 0 Å². The molecule has 1 aromatic carbocycles. The molecule has 1 aliphatic carbocycles. The number of hydrogen-bond acceptors (Lipinski definition) is 8. The van der Waals surface area contributed by atoms with Gasteiger partial charge in [-0.15, -0.1) is 21.5 Å². The maximum atomic E-state index is 12.6. The van der Waals surface area contributed by atoms with E-state index in [0.717, 1.165) is 43.2 Å². The Bertz CT molecular complexity index is 1060. The molecule has 1 amide bonds. The van der Waals surface area contributed by atoms with Gasteiger partial charge >= 0.3 is 5.97 Å². The number of amides is 1. The number of rotatable bonds is 7. The molecule has 7 nitrogen and oxygen atoms in total. The number of methoxy groups -OCH3 is 1. The molecule has 2 heterocycles. The van der Waals surface area contributed by atoms with E-state index in [1.165, 1.54) is 35.1 Å². The van der Waals surface area contributed by atoms with E-state index in [0.29, 0.717) is 28.1 Å². The summed E-state index contributed by atoms with van der Waals surface area (Å²) >= 11 is 2.65. The van der Waals surface area contributed by atoms with Gasteiger partial charge in [-0.2, -0.15) is 0 Å². The smallest absolute Gasteiger partial charge is 0.341 e. The van der Waals surface area contributed by atoms with Gasteiger partial charge in [-0.25, -0.2) is 4.79 Å². The standard InChI is InChI=1S/C22H23N3O4S2/c1-28-21(27)19-15-10-6-3-7-11-16(15)31-20(19)23-17(26)13-30-22-25-24-18(29-22)12-14-8-4-2-5-9-14/h2,4-5,8-9H,3,6-7,10-13H2,1H3,(H,23,26). The predicted octanol–water partition coefficient (Wildman–Crippen LogP) is 4.51. The van der Waals surface area contributed by atoms with Crippen molar-refractivity contribution in [2.75, 3.05) is 18.2 Å². The lowest BCUT2D eigenvalue weighted by molar-refractivity contribution is -0.113. The number of nitrogens with one attached hydrogen (secondary N) is 1. The van der Waals surface area contributed by atoms with Crippen molar-refractivity contribution in [1.29, 1.82) is 0 Å². The van der Waals surface area contributed by atoms with Gasteiger partial charge in [0.1, 0.15) is 5.00 Å². The highest BCUT2D eigenvalue weighted by Crippen LogP contribution is 2.38. The summed E-state index contributed by atoms with van der Waals surface area (Å²) in [6.45, 7) is 0. The summed E-state index contributed by atoms with van der Waals surface area (Å²) in [5.41, 5.74) is 2.61. The number of ether oxygens (including phenoxy) is 1. The number of fused-ring (bicyclic) bond motifs is 1. The lowest BCUT2D eigenvalue weighted by Crippen LogP contribution is -2.16. The van der Waals surface area contributed by atoms with Crippen LogP contribution in [0.1, 0.15) is 51.5 Å². The molecule has 1 aliphatic rings. The van der Waals surface area contributed by atoms with Gasteiger partial charge in [0.05, 0.1) is 24.8 Å². The molecule has 0 atom stereocenters. The van der Waals surface area contributed by atoms with Crippen LogP contribution >= 0.6 is 23.1 Å². The van der Waals surface area contributed by atoms with Crippen LogP contribution in [0, 0.1) is 0 Å². The number of thioether (sulfide) groups is 1. The van der Waals surface area contributed by atoms with Crippen LogP contribution in [0.3, 0.4) is 0 Å². The van der Waals surface area contributed by atoms with Crippen molar-refractivity contribution in [1.82, 2.24) is 10.2 Å². The molecule has 0 aliphatic heterocycles. The van der Waals surface area contributed by atoms with Crippen LogP contribution in [0.2, 0.25) is 0 Å². The minimum atomic E-state index is -0.398. The van der Waals surface area contributed by atoms with Gasteiger partial charge in [-0.3, -0.25) is 4.79 Å². The third-order valence-electron chi connectivity index (χ3n) is 5.04. The van der Waals surface area contributed by atoms with Crippen LogP contribution in [-0.4, -0.2) is 34.9 Å². The summed E-state index contributed by atoms with van der Waals surface area (Å²) in [5, 5.41) is 11.9. The summed E-state index contributed by atoms with van der Waals surface area (Å²) < 4.78 is 10.6. The third kappa shape index (κ3) is 5.34. The second kappa shape index (κ2) is 10.1. The average molecular weight is 458 g/mol. The summed E-state index contributed by atoms with van der Waals surface area (Å²) in [5.74, 6) is -0.0147. The van der Waals surface area contributed by atoms with E-state index in [9.17, 15) is 9.59 Å². The molecule has 1 N–H and O–H groups in total.